The molecule has 0 atom stereocenters. The smallest absolute Gasteiger partial charge is 0.0415 e. The first-order valence-electron chi connectivity index (χ1n) is 16.6. The molecule has 0 radical (unpaired) electrons. The van der Waals surface area contributed by atoms with Crippen LogP contribution in [-0.4, -0.2) is 6.04 Å². The summed E-state index contributed by atoms with van der Waals surface area (Å²) in [6.45, 7) is 13.0. The Balaban J connectivity index is 1.10. The zero-order chi connectivity index (χ0) is 33.6. The number of para-hydroxylation sites is 2. The van der Waals surface area contributed by atoms with Gasteiger partial charge >= 0.3 is 0 Å². The van der Waals surface area contributed by atoms with E-state index < -0.39 is 0 Å². The molecule has 5 nitrogen and oxygen atoms in total. The first kappa shape index (κ1) is 32.3. The van der Waals surface area contributed by atoms with Crippen molar-refractivity contribution < 1.29 is 0 Å². The van der Waals surface area contributed by atoms with E-state index in [-0.39, 0.29) is 6.04 Å². The summed E-state index contributed by atoms with van der Waals surface area (Å²) in [6, 6.07) is 47.2. The van der Waals surface area contributed by atoms with Gasteiger partial charge in [0.25, 0.3) is 0 Å². The number of nitrogens with one attached hydrogen (secondary N) is 4. The van der Waals surface area contributed by atoms with Gasteiger partial charge in [0.2, 0.25) is 0 Å². The van der Waals surface area contributed by atoms with Gasteiger partial charge in [0.15, 0.2) is 0 Å². The fraction of sp³-hybridized carbons (Fsp3) is 0.163. The number of rotatable bonds is 11. The van der Waals surface area contributed by atoms with Crippen molar-refractivity contribution in [3.63, 3.8) is 0 Å². The standard InChI is InChI=1S/C43H45N5/c1-29(2)48(38-21-15-34(16-22-38)44-42-25-19-36(27-32(42)5)46-40-13-9-7-11-30(40)3)39-23-17-35(18-24-39)45-43-26-20-37(28-33(43)6)47-41-14-10-8-12-31(41)4/h7-29,44-47H,1-6H3. The molecule has 0 aliphatic heterocycles. The second-order valence-corrected chi connectivity index (χ2v) is 12.7. The molecule has 0 fully saturated rings. The predicted molar refractivity (Wildman–Crippen MR) is 208 cm³/mol. The molecular formula is C43H45N5. The first-order valence-corrected chi connectivity index (χ1v) is 16.6. The minimum atomic E-state index is 0.286. The largest absolute Gasteiger partial charge is 0.355 e. The van der Waals surface area contributed by atoms with Crippen molar-refractivity contribution >= 4 is 56.9 Å². The van der Waals surface area contributed by atoms with Crippen LogP contribution in [-0.2, 0) is 0 Å². The van der Waals surface area contributed by atoms with Crippen molar-refractivity contribution in [3.8, 4) is 0 Å². The second kappa shape index (κ2) is 14.4. The molecule has 5 heteroatoms. The number of nitrogens with zero attached hydrogens (tertiary/aromatic N) is 1. The zero-order valence-corrected chi connectivity index (χ0v) is 28.7. The lowest BCUT2D eigenvalue weighted by atomic mass is 10.1. The maximum absolute atomic E-state index is 3.60. The summed E-state index contributed by atoms with van der Waals surface area (Å²) in [5, 5.41) is 14.3. The molecule has 0 aliphatic carbocycles. The minimum absolute atomic E-state index is 0.286. The second-order valence-electron chi connectivity index (χ2n) is 12.7. The monoisotopic (exact) mass is 631 g/mol. The average Bonchev–Trinajstić information content (AvgIpc) is 3.07. The van der Waals surface area contributed by atoms with E-state index in [1.165, 1.54) is 22.3 Å². The van der Waals surface area contributed by atoms with Crippen LogP contribution < -0.4 is 26.2 Å². The highest BCUT2D eigenvalue weighted by molar-refractivity contribution is 5.74. The van der Waals surface area contributed by atoms with Gasteiger partial charge in [0.1, 0.15) is 0 Å². The maximum atomic E-state index is 3.60. The van der Waals surface area contributed by atoms with Gasteiger partial charge in [0.05, 0.1) is 0 Å². The van der Waals surface area contributed by atoms with Crippen molar-refractivity contribution in [2.45, 2.75) is 47.6 Å². The lowest BCUT2D eigenvalue weighted by molar-refractivity contribution is 0.789. The van der Waals surface area contributed by atoms with E-state index in [0.717, 1.165) is 56.9 Å². The van der Waals surface area contributed by atoms with E-state index in [2.05, 4.69) is 201 Å². The number of benzene rings is 6. The SMILES string of the molecule is Cc1ccccc1Nc1ccc(Nc2ccc(N(c3ccc(Nc4ccc(Nc5ccccc5C)cc4C)cc3)C(C)C)cc2)c(C)c1. The van der Waals surface area contributed by atoms with E-state index >= 15 is 0 Å². The molecule has 6 rings (SSSR count). The van der Waals surface area contributed by atoms with Crippen LogP contribution in [0.4, 0.5) is 56.9 Å². The molecular weight excluding hydrogens is 587 g/mol. The lowest BCUT2D eigenvalue weighted by Gasteiger charge is -2.29. The Morgan fingerprint density at radius 2 is 0.708 bits per heavy atom. The van der Waals surface area contributed by atoms with E-state index in [1.54, 1.807) is 0 Å². The van der Waals surface area contributed by atoms with Crippen LogP contribution in [0.2, 0.25) is 0 Å². The molecule has 0 spiro atoms. The number of hydrogen-bond donors (Lipinski definition) is 4. The van der Waals surface area contributed by atoms with E-state index in [1.807, 2.05) is 0 Å². The molecule has 4 N–H and O–H groups in total. The van der Waals surface area contributed by atoms with Crippen LogP contribution >= 0.6 is 0 Å². The lowest BCUT2D eigenvalue weighted by Crippen LogP contribution is -2.25. The molecule has 0 aliphatic rings. The Morgan fingerprint density at radius 1 is 0.375 bits per heavy atom. The summed E-state index contributed by atoms with van der Waals surface area (Å²) in [7, 11) is 0. The van der Waals surface area contributed by atoms with Crippen LogP contribution in [0, 0.1) is 27.7 Å². The summed E-state index contributed by atoms with van der Waals surface area (Å²) in [5.41, 5.74) is 15.8. The summed E-state index contributed by atoms with van der Waals surface area (Å²) in [6.07, 6.45) is 0. The van der Waals surface area contributed by atoms with Crippen LogP contribution in [0.25, 0.3) is 0 Å². The van der Waals surface area contributed by atoms with Crippen molar-refractivity contribution in [1.82, 2.24) is 0 Å². The van der Waals surface area contributed by atoms with Crippen LogP contribution in [0.15, 0.2) is 133 Å². The van der Waals surface area contributed by atoms with Gasteiger partial charge in [0, 0.05) is 62.9 Å². The summed E-state index contributed by atoms with van der Waals surface area (Å²) in [5.74, 6) is 0. The van der Waals surface area contributed by atoms with Gasteiger partial charge in [-0.3, -0.25) is 0 Å². The number of aryl methyl sites for hydroxylation is 4. The fourth-order valence-corrected chi connectivity index (χ4v) is 5.97. The summed E-state index contributed by atoms with van der Waals surface area (Å²) >= 11 is 0. The third kappa shape index (κ3) is 7.64. The Morgan fingerprint density at radius 3 is 1.06 bits per heavy atom. The summed E-state index contributed by atoms with van der Waals surface area (Å²) in [4.78, 5) is 2.36. The molecule has 6 aromatic rings. The van der Waals surface area contributed by atoms with Crippen LogP contribution in [0.3, 0.4) is 0 Å². The average molecular weight is 632 g/mol. The predicted octanol–water partition coefficient (Wildman–Crippen LogP) is 12.4. The zero-order valence-electron chi connectivity index (χ0n) is 28.7. The molecule has 48 heavy (non-hydrogen) atoms. The molecule has 6 aromatic carbocycles. The van der Waals surface area contributed by atoms with Crippen LogP contribution in [0.1, 0.15) is 36.1 Å². The van der Waals surface area contributed by atoms with Crippen LogP contribution in [0.5, 0.6) is 0 Å². The van der Waals surface area contributed by atoms with Gasteiger partial charge in [-0.2, -0.15) is 0 Å². The third-order valence-electron chi connectivity index (χ3n) is 8.67. The molecule has 0 heterocycles. The Labute approximate surface area is 285 Å². The van der Waals surface area contributed by atoms with Gasteiger partial charge in [-0.1, -0.05) is 36.4 Å². The molecule has 0 saturated heterocycles. The topological polar surface area (TPSA) is 51.4 Å². The highest BCUT2D eigenvalue weighted by Gasteiger charge is 2.14. The van der Waals surface area contributed by atoms with Crippen molar-refractivity contribution in [1.29, 1.82) is 0 Å². The van der Waals surface area contributed by atoms with Crippen molar-refractivity contribution in [2.24, 2.45) is 0 Å². The number of hydrogen-bond acceptors (Lipinski definition) is 5. The van der Waals surface area contributed by atoms with E-state index in [9.17, 15) is 0 Å². The molecule has 0 unspecified atom stereocenters. The Kier molecular flexibility index (Phi) is 9.67. The Hall–Kier alpha value is -5.68. The van der Waals surface area contributed by atoms with Gasteiger partial charge < -0.3 is 26.2 Å². The minimum Gasteiger partial charge on any atom is -0.355 e. The van der Waals surface area contributed by atoms with Gasteiger partial charge in [-0.15, -0.1) is 0 Å². The maximum Gasteiger partial charge on any atom is 0.0415 e. The fourth-order valence-electron chi connectivity index (χ4n) is 5.97. The molecule has 242 valence electrons. The molecule has 0 amide bonds. The van der Waals surface area contributed by atoms with Gasteiger partial charge in [-0.05, 0) is 161 Å². The van der Waals surface area contributed by atoms with Gasteiger partial charge in [-0.25, -0.2) is 0 Å². The summed E-state index contributed by atoms with van der Waals surface area (Å²) < 4.78 is 0. The molecule has 0 saturated carbocycles. The van der Waals surface area contributed by atoms with Crippen molar-refractivity contribution in [3.05, 3.63) is 156 Å². The quantitative estimate of drug-likeness (QED) is 0.115. The molecule has 0 aromatic heterocycles. The number of anilines is 10. The Bertz CT molecular complexity index is 1850. The normalized spacial score (nSPS) is 10.9. The third-order valence-corrected chi connectivity index (χ3v) is 8.67. The highest BCUT2D eigenvalue weighted by atomic mass is 15.2. The van der Waals surface area contributed by atoms with E-state index in [4.69, 9.17) is 0 Å². The van der Waals surface area contributed by atoms with Crippen molar-refractivity contribution in [2.75, 3.05) is 26.2 Å². The van der Waals surface area contributed by atoms with E-state index in [0.29, 0.717) is 0 Å². The molecule has 0 bridgehead atoms. The highest BCUT2D eigenvalue weighted by Crippen LogP contribution is 2.33. The first-order chi connectivity index (χ1) is 23.2.